The second-order valence-corrected chi connectivity index (χ2v) is 10.0. The van der Waals surface area contributed by atoms with Gasteiger partial charge in [0.05, 0.1) is 39.9 Å². The van der Waals surface area contributed by atoms with E-state index in [1.54, 1.807) is 0 Å². The average molecular weight is 537 g/mol. The molecule has 0 saturated heterocycles. The molecule has 196 valence electrons. The van der Waals surface area contributed by atoms with Gasteiger partial charge in [-0.25, -0.2) is 15.0 Å². The van der Waals surface area contributed by atoms with Crippen molar-refractivity contribution in [3.63, 3.8) is 0 Å². The van der Waals surface area contributed by atoms with E-state index in [4.69, 9.17) is 20.2 Å². The molecule has 0 spiro atoms. The first kappa shape index (κ1) is 25.1. The Hall–Kier alpha value is -5.92. The normalized spacial score (nSPS) is 10.8. The molecule has 0 aliphatic heterocycles. The second-order valence-electron chi connectivity index (χ2n) is 10.0. The van der Waals surface area contributed by atoms with Gasteiger partial charge in [0.15, 0.2) is 0 Å². The smallest absolute Gasteiger partial charge is 0.116 e. The van der Waals surface area contributed by atoms with Gasteiger partial charge in [-0.3, -0.25) is 0 Å². The Bertz CT molecular complexity index is 2060. The van der Waals surface area contributed by atoms with E-state index in [2.05, 4.69) is 66.7 Å². The van der Waals surface area contributed by atoms with Gasteiger partial charge in [-0.1, -0.05) is 121 Å². The Labute approximate surface area is 244 Å². The van der Waals surface area contributed by atoms with Crippen LogP contribution in [0.4, 0.5) is 0 Å². The molecule has 0 amide bonds. The van der Waals surface area contributed by atoms with Gasteiger partial charge in [0, 0.05) is 22.1 Å². The molecular formula is C38H24N4. The lowest BCUT2D eigenvalue weighted by Crippen LogP contribution is -2.02. The zero-order chi connectivity index (χ0) is 28.3. The summed E-state index contributed by atoms with van der Waals surface area (Å²) >= 11 is 0. The molecule has 2 aromatic heterocycles. The number of rotatable bonds is 5. The van der Waals surface area contributed by atoms with Crippen LogP contribution in [0.2, 0.25) is 0 Å². The van der Waals surface area contributed by atoms with E-state index in [1.165, 1.54) is 0 Å². The lowest BCUT2D eigenvalue weighted by Gasteiger charge is -2.16. The standard InChI is InChI=1S/C38H24N4/c39-25-26-15-17-27(18-16-26)28-19-21-32(22-20-28)37-38(34-24-23-29-9-7-8-14-33(29)40-34)42-36(31-12-5-2-6-13-31)35(41-37)30-10-3-1-4-11-30/h1-24H. The van der Waals surface area contributed by atoms with Crippen LogP contribution in [0.15, 0.2) is 146 Å². The fourth-order valence-electron chi connectivity index (χ4n) is 5.17. The molecule has 0 bridgehead atoms. The Balaban J connectivity index is 1.45. The van der Waals surface area contributed by atoms with E-state index in [-0.39, 0.29) is 0 Å². The molecule has 7 aromatic rings. The first-order valence-corrected chi connectivity index (χ1v) is 13.8. The zero-order valence-electron chi connectivity index (χ0n) is 22.6. The fourth-order valence-corrected chi connectivity index (χ4v) is 5.17. The number of hydrogen-bond donors (Lipinski definition) is 0. The van der Waals surface area contributed by atoms with E-state index in [1.807, 2.05) is 84.9 Å². The molecule has 0 atom stereocenters. The van der Waals surface area contributed by atoms with Crippen molar-refractivity contribution in [2.45, 2.75) is 0 Å². The molecule has 4 heteroatoms. The summed E-state index contributed by atoms with van der Waals surface area (Å²) in [5.74, 6) is 0. The third kappa shape index (κ3) is 4.81. The lowest BCUT2D eigenvalue weighted by atomic mass is 9.98. The number of benzene rings is 5. The predicted molar refractivity (Wildman–Crippen MR) is 169 cm³/mol. The van der Waals surface area contributed by atoms with Crippen molar-refractivity contribution in [3.05, 3.63) is 151 Å². The number of aromatic nitrogens is 3. The van der Waals surface area contributed by atoms with Gasteiger partial charge in [0.2, 0.25) is 0 Å². The number of para-hydroxylation sites is 1. The summed E-state index contributed by atoms with van der Waals surface area (Å²) in [5, 5.41) is 10.2. The van der Waals surface area contributed by atoms with Crippen molar-refractivity contribution in [2.24, 2.45) is 0 Å². The number of nitrogens with zero attached hydrogens (tertiary/aromatic N) is 4. The third-order valence-electron chi connectivity index (χ3n) is 7.34. The third-order valence-corrected chi connectivity index (χ3v) is 7.34. The van der Waals surface area contributed by atoms with Gasteiger partial charge >= 0.3 is 0 Å². The highest BCUT2D eigenvalue weighted by molar-refractivity contribution is 5.88. The van der Waals surface area contributed by atoms with Crippen molar-refractivity contribution in [2.75, 3.05) is 0 Å². The van der Waals surface area contributed by atoms with Crippen LogP contribution in [0.5, 0.6) is 0 Å². The summed E-state index contributed by atoms with van der Waals surface area (Å²) in [6.45, 7) is 0. The van der Waals surface area contributed by atoms with Crippen molar-refractivity contribution in [1.29, 1.82) is 5.26 Å². The minimum Gasteiger partial charge on any atom is -0.246 e. The number of nitriles is 1. The highest BCUT2D eigenvalue weighted by atomic mass is 14.9. The Morgan fingerprint density at radius 2 is 0.857 bits per heavy atom. The molecule has 0 saturated carbocycles. The fraction of sp³-hybridized carbons (Fsp3) is 0. The molecular weight excluding hydrogens is 512 g/mol. The predicted octanol–water partition coefficient (Wildman–Crippen LogP) is 9.23. The van der Waals surface area contributed by atoms with Crippen LogP contribution in [0.3, 0.4) is 0 Å². The maximum atomic E-state index is 9.17. The summed E-state index contributed by atoms with van der Waals surface area (Å²) in [6, 6.07) is 50.8. The Morgan fingerprint density at radius 1 is 0.381 bits per heavy atom. The average Bonchev–Trinajstić information content (AvgIpc) is 3.08. The van der Waals surface area contributed by atoms with Gasteiger partial charge in [-0.2, -0.15) is 5.26 Å². The van der Waals surface area contributed by atoms with Crippen LogP contribution in [0.25, 0.3) is 67.2 Å². The molecule has 0 N–H and O–H groups in total. The zero-order valence-corrected chi connectivity index (χ0v) is 22.6. The van der Waals surface area contributed by atoms with E-state index in [9.17, 15) is 0 Å². The molecule has 0 fully saturated rings. The van der Waals surface area contributed by atoms with Crippen LogP contribution >= 0.6 is 0 Å². The molecule has 0 aliphatic carbocycles. The highest BCUT2D eigenvalue weighted by Gasteiger charge is 2.20. The molecule has 7 rings (SSSR count). The van der Waals surface area contributed by atoms with Crippen LogP contribution < -0.4 is 0 Å². The molecule has 4 nitrogen and oxygen atoms in total. The first-order chi connectivity index (χ1) is 20.8. The summed E-state index contributed by atoms with van der Waals surface area (Å²) < 4.78 is 0. The summed E-state index contributed by atoms with van der Waals surface area (Å²) in [4.78, 5) is 15.7. The van der Waals surface area contributed by atoms with Gasteiger partial charge in [0.1, 0.15) is 5.69 Å². The molecule has 5 aromatic carbocycles. The topological polar surface area (TPSA) is 62.5 Å². The minimum absolute atomic E-state index is 0.644. The SMILES string of the molecule is N#Cc1ccc(-c2ccc(-c3nc(-c4ccccc4)c(-c4ccccc4)nc3-c3ccc4ccccc4n3)cc2)cc1. The van der Waals surface area contributed by atoms with Crippen LogP contribution in [-0.2, 0) is 0 Å². The quantitative estimate of drug-likeness (QED) is 0.220. The van der Waals surface area contributed by atoms with E-state index in [0.29, 0.717) is 5.56 Å². The van der Waals surface area contributed by atoms with Crippen LogP contribution in [0, 0.1) is 11.3 Å². The Kier molecular flexibility index (Phi) is 6.52. The van der Waals surface area contributed by atoms with Gasteiger partial charge in [-0.05, 0) is 35.4 Å². The lowest BCUT2D eigenvalue weighted by molar-refractivity contribution is 1.20. The largest absolute Gasteiger partial charge is 0.246 e. The summed E-state index contributed by atoms with van der Waals surface area (Å²) in [5.41, 5.74) is 10.5. The van der Waals surface area contributed by atoms with E-state index >= 15 is 0 Å². The monoisotopic (exact) mass is 536 g/mol. The van der Waals surface area contributed by atoms with Crippen LogP contribution in [-0.4, -0.2) is 15.0 Å². The number of pyridine rings is 1. The molecule has 2 heterocycles. The maximum absolute atomic E-state index is 9.17. The molecule has 0 unspecified atom stereocenters. The van der Waals surface area contributed by atoms with Gasteiger partial charge in [-0.15, -0.1) is 0 Å². The van der Waals surface area contributed by atoms with Gasteiger partial charge < -0.3 is 0 Å². The summed E-state index contributed by atoms with van der Waals surface area (Å²) in [7, 11) is 0. The number of hydrogen-bond acceptors (Lipinski definition) is 4. The van der Waals surface area contributed by atoms with Crippen molar-refractivity contribution in [1.82, 2.24) is 15.0 Å². The van der Waals surface area contributed by atoms with E-state index in [0.717, 1.165) is 67.2 Å². The summed E-state index contributed by atoms with van der Waals surface area (Å²) in [6.07, 6.45) is 0. The minimum atomic E-state index is 0.644. The van der Waals surface area contributed by atoms with Crippen LogP contribution in [0.1, 0.15) is 5.56 Å². The van der Waals surface area contributed by atoms with Gasteiger partial charge in [0.25, 0.3) is 0 Å². The molecule has 42 heavy (non-hydrogen) atoms. The maximum Gasteiger partial charge on any atom is 0.116 e. The highest BCUT2D eigenvalue weighted by Crippen LogP contribution is 2.37. The molecule has 0 radical (unpaired) electrons. The van der Waals surface area contributed by atoms with Crippen molar-refractivity contribution < 1.29 is 0 Å². The second kappa shape index (κ2) is 10.9. The van der Waals surface area contributed by atoms with E-state index < -0.39 is 0 Å². The first-order valence-electron chi connectivity index (χ1n) is 13.8. The Morgan fingerprint density at radius 3 is 1.48 bits per heavy atom. The molecule has 0 aliphatic rings. The van der Waals surface area contributed by atoms with Crippen molar-refractivity contribution in [3.8, 4) is 62.4 Å². The van der Waals surface area contributed by atoms with Crippen molar-refractivity contribution >= 4 is 10.9 Å². The number of fused-ring (bicyclic) bond motifs is 1.